The van der Waals surface area contributed by atoms with Gasteiger partial charge in [-0.05, 0) is 44.7 Å². The standard InChI is InChI=1S/C18H21N5O/c1-11-7-8-17-13(9-19-23(17)12(11)2)18(24)20-15-5-4-6-16-14(15)10-22(3)21-16/h7-10,15H,4-6H2,1-3H3,(H,20,24). The van der Waals surface area contributed by atoms with Crippen LogP contribution in [0.3, 0.4) is 0 Å². The second kappa shape index (κ2) is 5.47. The van der Waals surface area contributed by atoms with Gasteiger partial charge >= 0.3 is 0 Å². The molecule has 124 valence electrons. The second-order valence-electron chi connectivity index (χ2n) is 6.58. The molecule has 0 aliphatic heterocycles. The Morgan fingerprint density at radius 3 is 3.00 bits per heavy atom. The highest BCUT2D eigenvalue weighted by Gasteiger charge is 2.26. The molecule has 6 heteroatoms. The number of amides is 1. The topological polar surface area (TPSA) is 64.2 Å². The predicted octanol–water partition coefficient (Wildman–Crippen LogP) is 2.49. The average Bonchev–Trinajstić information content (AvgIpc) is 3.14. The van der Waals surface area contributed by atoms with Crippen molar-refractivity contribution < 1.29 is 4.79 Å². The Morgan fingerprint density at radius 2 is 2.17 bits per heavy atom. The quantitative estimate of drug-likeness (QED) is 0.788. The van der Waals surface area contributed by atoms with Crippen LogP contribution in [-0.4, -0.2) is 25.3 Å². The fourth-order valence-electron chi connectivity index (χ4n) is 3.51. The van der Waals surface area contributed by atoms with E-state index in [1.165, 1.54) is 0 Å². The Kier molecular flexibility index (Phi) is 3.40. The first kappa shape index (κ1) is 14.9. The molecule has 0 saturated heterocycles. The minimum Gasteiger partial charge on any atom is -0.345 e. The highest BCUT2D eigenvalue weighted by molar-refractivity contribution is 6.00. The Hall–Kier alpha value is -2.63. The number of aryl methyl sites for hydroxylation is 4. The van der Waals surface area contributed by atoms with Crippen molar-refractivity contribution in [3.63, 3.8) is 0 Å². The van der Waals surface area contributed by atoms with Crippen molar-refractivity contribution in [1.29, 1.82) is 0 Å². The number of carbonyl (C=O) groups is 1. The number of pyridine rings is 1. The molecule has 0 spiro atoms. The molecule has 24 heavy (non-hydrogen) atoms. The summed E-state index contributed by atoms with van der Waals surface area (Å²) in [6.45, 7) is 4.06. The number of hydrogen-bond acceptors (Lipinski definition) is 3. The van der Waals surface area contributed by atoms with Crippen LogP contribution in [0.1, 0.15) is 51.8 Å². The van der Waals surface area contributed by atoms with E-state index in [0.717, 1.165) is 47.3 Å². The maximum atomic E-state index is 12.8. The Balaban J connectivity index is 1.65. The van der Waals surface area contributed by atoms with Crippen LogP contribution in [0, 0.1) is 13.8 Å². The third kappa shape index (κ3) is 2.29. The van der Waals surface area contributed by atoms with E-state index in [1.807, 2.05) is 48.4 Å². The van der Waals surface area contributed by atoms with Gasteiger partial charge in [0, 0.05) is 24.5 Å². The number of nitrogens with one attached hydrogen (secondary N) is 1. The molecule has 4 rings (SSSR count). The van der Waals surface area contributed by atoms with Crippen LogP contribution in [0.5, 0.6) is 0 Å². The maximum Gasteiger partial charge on any atom is 0.255 e. The Bertz CT molecular complexity index is 936. The number of hydrogen-bond donors (Lipinski definition) is 1. The molecule has 0 bridgehead atoms. The van der Waals surface area contributed by atoms with Gasteiger partial charge in [0.05, 0.1) is 29.0 Å². The average molecular weight is 323 g/mol. The van der Waals surface area contributed by atoms with E-state index in [-0.39, 0.29) is 11.9 Å². The SMILES string of the molecule is Cc1ccc2c(C(=O)NC3CCCc4nn(C)cc43)cnn2c1C. The van der Waals surface area contributed by atoms with Gasteiger partial charge in [-0.1, -0.05) is 6.07 Å². The van der Waals surface area contributed by atoms with Crippen LogP contribution >= 0.6 is 0 Å². The van der Waals surface area contributed by atoms with Crippen LogP contribution in [0.2, 0.25) is 0 Å². The molecular weight excluding hydrogens is 302 g/mol. The number of rotatable bonds is 2. The molecule has 1 unspecified atom stereocenters. The molecule has 0 aromatic carbocycles. The highest BCUT2D eigenvalue weighted by Crippen LogP contribution is 2.29. The first-order valence-corrected chi connectivity index (χ1v) is 8.32. The summed E-state index contributed by atoms with van der Waals surface area (Å²) in [5.74, 6) is -0.0741. The second-order valence-corrected chi connectivity index (χ2v) is 6.58. The number of aromatic nitrogens is 4. The van der Waals surface area contributed by atoms with Gasteiger partial charge in [-0.25, -0.2) is 4.52 Å². The van der Waals surface area contributed by atoms with Crippen LogP contribution < -0.4 is 5.32 Å². The number of fused-ring (bicyclic) bond motifs is 2. The van der Waals surface area contributed by atoms with Crippen molar-refractivity contribution in [2.24, 2.45) is 7.05 Å². The lowest BCUT2D eigenvalue weighted by molar-refractivity contribution is 0.0934. The fraction of sp³-hybridized carbons (Fsp3) is 0.389. The van der Waals surface area contributed by atoms with Crippen LogP contribution in [0.25, 0.3) is 5.52 Å². The van der Waals surface area contributed by atoms with Crippen molar-refractivity contribution in [2.75, 3.05) is 0 Å². The Morgan fingerprint density at radius 1 is 1.33 bits per heavy atom. The third-order valence-corrected chi connectivity index (χ3v) is 4.96. The summed E-state index contributed by atoms with van der Waals surface area (Å²) in [7, 11) is 1.92. The largest absolute Gasteiger partial charge is 0.345 e. The molecule has 3 aromatic rings. The third-order valence-electron chi connectivity index (χ3n) is 4.96. The molecule has 1 amide bonds. The zero-order valence-corrected chi connectivity index (χ0v) is 14.2. The predicted molar refractivity (Wildman–Crippen MR) is 91.0 cm³/mol. The summed E-state index contributed by atoms with van der Waals surface area (Å²) in [6, 6.07) is 4.01. The van der Waals surface area contributed by atoms with E-state index in [9.17, 15) is 4.79 Å². The molecule has 0 saturated carbocycles. The summed E-state index contributed by atoms with van der Waals surface area (Å²) in [5, 5.41) is 12.0. The zero-order valence-electron chi connectivity index (χ0n) is 14.2. The minimum atomic E-state index is -0.0741. The monoisotopic (exact) mass is 323 g/mol. The normalized spacial score (nSPS) is 17.0. The van der Waals surface area contributed by atoms with Crippen molar-refractivity contribution in [1.82, 2.24) is 24.7 Å². The van der Waals surface area contributed by atoms with Crippen molar-refractivity contribution in [3.05, 3.63) is 52.6 Å². The molecule has 1 N–H and O–H groups in total. The minimum absolute atomic E-state index is 0.0245. The summed E-state index contributed by atoms with van der Waals surface area (Å²) in [6.07, 6.45) is 6.65. The first-order chi connectivity index (χ1) is 11.5. The van der Waals surface area contributed by atoms with E-state index in [2.05, 4.69) is 15.5 Å². The van der Waals surface area contributed by atoms with E-state index < -0.39 is 0 Å². The number of nitrogens with zero attached hydrogens (tertiary/aromatic N) is 4. The van der Waals surface area contributed by atoms with E-state index in [0.29, 0.717) is 5.56 Å². The molecule has 6 nitrogen and oxygen atoms in total. The van der Waals surface area contributed by atoms with Crippen LogP contribution in [-0.2, 0) is 13.5 Å². The van der Waals surface area contributed by atoms with Gasteiger partial charge in [-0.15, -0.1) is 0 Å². The summed E-state index contributed by atoms with van der Waals surface area (Å²) >= 11 is 0. The summed E-state index contributed by atoms with van der Waals surface area (Å²) < 4.78 is 3.66. The van der Waals surface area contributed by atoms with Gasteiger partial charge in [0.2, 0.25) is 0 Å². The van der Waals surface area contributed by atoms with Gasteiger partial charge in [-0.2, -0.15) is 10.2 Å². The molecule has 0 fully saturated rings. The van der Waals surface area contributed by atoms with Crippen molar-refractivity contribution in [2.45, 2.75) is 39.2 Å². The maximum absolute atomic E-state index is 12.8. The lowest BCUT2D eigenvalue weighted by atomic mass is 9.93. The summed E-state index contributed by atoms with van der Waals surface area (Å²) in [5.41, 5.74) is 5.91. The molecule has 1 aliphatic rings. The van der Waals surface area contributed by atoms with E-state index >= 15 is 0 Å². The van der Waals surface area contributed by atoms with Crippen LogP contribution in [0.4, 0.5) is 0 Å². The van der Waals surface area contributed by atoms with Crippen LogP contribution in [0.15, 0.2) is 24.5 Å². The lowest BCUT2D eigenvalue weighted by Gasteiger charge is -2.22. The summed E-state index contributed by atoms with van der Waals surface area (Å²) in [4.78, 5) is 12.8. The molecule has 0 radical (unpaired) electrons. The number of carbonyl (C=O) groups excluding carboxylic acids is 1. The van der Waals surface area contributed by atoms with E-state index in [1.54, 1.807) is 6.20 Å². The van der Waals surface area contributed by atoms with Gasteiger partial charge in [0.25, 0.3) is 5.91 Å². The molecule has 1 aliphatic carbocycles. The van der Waals surface area contributed by atoms with Gasteiger partial charge in [0.15, 0.2) is 0 Å². The molecule has 1 atom stereocenters. The Labute approximate surface area is 140 Å². The van der Waals surface area contributed by atoms with Crippen molar-refractivity contribution >= 4 is 11.4 Å². The smallest absolute Gasteiger partial charge is 0.255 e. The van der Waals surface area contributed by atoms with Gasteiger partial charge < -0.3 is 5.32 Å². The lowest BCUT2D eigenvalue weighted by Crippen LogP contribution is -2.30. The fourth-order valence-corrected chi connectivity index (χ4v) is 3.51. The molecule has 3 aromatic heterocycles. The van der Waals surface area contributed by atoms with Crippen molar-refractivity contribution in [3.8, 4) is 0 Å². The first-order valence-electron chi connectivity index (χ1n) is 8.32. The molecule has 3 heterocycles. The van der Waals surface area contributed by atoms with Gasteiger partial charge in [-0.3, -0.25) is 9.48 Å². The van der Waals surface area contributed by atoms with Gasteiger partial charge in [0.1, 0.15) is 0 Å². The van der Waals surface area contributed by atoms with E-state index in [4.69, 9.17) is 0 Å². The molecular formula is C18H21N5O. The zero-order chi connectivity index (χ0) is 16.8. The highest BCUT2D eigenvalue weighted by atomic mass is 16.1.